The van der Waals surface area contributed by atoms with E-state index in [2.05, 4.69) is 25.7 Å². The number of hydrogen-bond donors (Lipinski definition) is 3. The maximum atomic E-state index is 14.0. The Morgan fingerprint density at radius 1 is 1.26 bits per heavy atom. The van der Waals surface area contributed by atoms with Crippen molar-refractivity contribution in [1.29, 1.82) is 0 Å². The van der Waals surface area contributed by atoms with Gasteiger partial charge < -0.3 is 25.2 Å². The first-order chi connectivity index (χ1) is 20.7. The van der Waals surface area contributed by atoms with Crippen LogP contribution in [0.4, 0.5) is 10.3 Å². The molecule has 2 aliphatic rings. The molecular weight excluding hydrogens is 581 g/mol. The Morgan fingerprint density at radius 3 is 2.74 bits per heavy atom. The van der Waals surface area contributed by atoms with Crippen molar-refractivity contribution in [2.45, 2.75) is 62.9 Å². The SMILES string of the molecule is COc1cc(F)cc([C@@H](CO)NC(=O)[C@H](C)n2cnn3cc(-c4nc(NC5CC6CCC(C5)O6)ncc4Cl)cc3c2=O)c1. The number of anilines is 1. The molecule has 226 valence electrons. The smallest absolute Gasteiger partial charge is 0.278 e. The van der Waals surface area contributed by atoms with Gasteiger partial charge in [0.05, 0.1) is 48.9 Å². The van der Waals surface area contributed by atoms with E-state index in [-0.39, 0.29) is 29.5 Å². The van der Waals surface area contributed by atoms with Crippen LogP contribution in [0, 0.1) is 5.82 Å². The van der Waals surface area contributed by atoms with Crippen LogP contribution in [-0.4, -0.2) is 67.1 Å². The minimum Gasteiger partial charge on any atom is -0.497 e. The number of carbonyl (C=O) groups is 1. The van der Waals surface area contributed by atoms with Gasteiger partial charge in [0.2, 0.25) is 11.9 Å². The van der Waals surface area contributed by atoms with Gasteiger partial charge in [-0.05, 0) is 56.4 Å². The fraction of sp³-hybridized carbons (Fsp3) is 0.414. The van der Waals surface area contributed by atoms with Gasteiger partial charge in [-0.1, -0.05) is 11.6 Å². The number of fused-ring (bicyclic) bond motifs is 3. The topological polar surface area (TPSA) is 145 Å². The Hall–Kier alpha value is -4.07. The standard InChI is InChI=1S/C29H31ClFN7O5/c1-15(27(40)35-24(13-39)16-5-18(31)8-22(6-16)42-2)37-14-33-38-12-17(7-25(38)28(37)41)26-23(30)11-32-29(36-26)34-19-9-20-3-4-21(10-19)43-20/h5-8,11-12,14-15,19-21,24,39H,3-4,9-10,13H2,1-2H3,(H,35,40)(H,32,34,36)/t15-,19?,20?,21?,24+/m0/s1. The van der Waals surface area contributed by atoms with Crippen LogP contribution in [0.1, 0.15) is 50.3 Å². The van der Waals surface area contributed by atoms with Crippen molar-refractivity contribution in [2.75, 3.05) is 19.0 Å². The maximum absolute atomic E-state index is 14.0. The Labute approximate surface area is 250 Å². The number of hydrogen-bond acceptors (Lipinski definition) is 9. The molecule has 0 spiro atoms. The van der Waals surface area contributed by atoms with E-state index in [1.807, 2.05) is 0 Å². The molecule has 1 aromatic carbocycles. The monoisotopic (exact) mass is 611 g/mol. The summed E-state index contributed by atoms with van der Waals surface area (Å²) in [7, 11) is 1.39. The Bertz CT molecular complexity index is 1720. The third-order valence-corrected chi connectivity index (χ3v) is 8.30. The zero-order valence-corrected chi connectivity index (χ0v) is 24.3. The third-order valence-electron chi connectivity index (χ3n) is 8.02. The van der Waals surface area contributed by atoms with Crippen LogP contribution in [0.25, 0.3) is 16.8 Å². The van der Waals surface area contributed by atoms with Crippen molar-refractivity contribution in [3.05, 3.63) is 69.7 Å². The largest absolute Gasteiger partial charge is 0.497 e. The number of halogens is 2. The van der Waals surface area contributed by atoms with Crippen LogP contribution in [0.2, 0.25) is 5.02 Å². The summed E-state index contributed by atoms with van der Waals surface area (Å²) < 4.78 is 27.6. The number of nitrogens with zero attached hydrogens (tertiary/aromatic N) is 5. The van der Waals surface area contributed by atoms with Crippen LogP contribution in [0.3, 0.4) is 0 Å². The van der Waals surface area contributed by atoms with E-state index in [1.54, 1.807) is 12.3 Å². The second-order valence-electron chi connectivity index (χ2n) is 10.9. The summed E-state index contributed by atoms with van der Waals surface area (Å²) in [5.41, 5.74) is 1.04. The number of ether oxygens (including phenoxy) is 2. The molecule has 2 bridgehead atoms. The van der Waals surface area contributed by atoms with Crippen LogP contribution >= 0.6 is 11.6 Å². The molecule has 2 fully saturated rings. The predicted molar refractivity (Wildman–Crippen MR) is 156 cm³/mol. The number of benzene rings is 1. The molecule has 3 aromatic heterocycles. The van der Waals surface area contributed by atoms with E-state index in [0.29, 0.717) is 27.8 Å². The number of aromatic nitrogens is 5. The molecule has 0 aliphatic carbocycles. The molecule has 1 amide bonds. The number of aliphatic hydroxyl groups is 1. The van der Waals surface area contributed by atoms with E-state index in [1.165, 1.54) is 53.8 Å². The molecule has 2 unspecified atom stereocenters. The van der Waals surface area contributed by atoms with Gasteiger partial charge >= 0.3 is 0 Å². The fourth-order valence-corrected chi connectivity index (χ4v) is 5.96. The predicted octanol–water partition coefficient (Wildman–Crippen LogP) is 3.29. The van der Waals surface area contributed by atoms with Crippen LogP contribution in [-0.2, 0) is 9.53 Å². The van der Waals surface area contributed by atoms with E-state index in [4.69, 9.17) is 21.1 Å². The maximum Gasteiger partial charge on any atom is 0.278 e. The van der Waals surface area contributed by atoms with Gasteiger partial charge in [-0.15, -0.1) is 0 Å². The average Bonchev–Trinajstić information content (AvgIpc) is 3.59. The minimum atomic E-state index is -0.999. The van der Waals surface area contributed by atoms with Crippen LogP contribution in [0.15, 0.2) is 47.8 Å². The minimum absolute atomic E-state index is 0.197. The summed E-state index contributed by atoms with van der Waals surface area (Å²) in [6, 6.07) is 3.79. The number of rotatable bonds is 9. The molecule has 2 aliphatic heterocycles. The van der Waals surface area contributed by atoms with Crippen molar-refractivity contribution in [3.63, 3.8) is 0 Å². The van der Waals surface area contributed by atoms with Gasteiger partial charge in [-0.25, -0.2) is 18.9 Å². The van der Waals surface area contributed by atoms with E-state index in [0.717, 1.165) is 25.7 Å². The van der Waals surface area contributed by atoms with Crippen molar-refractivity contribution in [2.24, 2.45) is 0 Å². The van der Waals surface area contributed by atoms with Gasteiger partial charge in [0, 0.05) is 23.9 Å². The van der Waals surface area contributed by atoms with E-state index < -0.39 is 36.0 Å². The summed E-state index contributed by atoms with van der Waals surface area (Å²) in [5.74, 6) is -0.468. The van der Waals surface area contributed by atoms with E-state index >= 15 is 0 Å². The summed E-state index contributed by atoms with van der Waals surface area (Å²) in [6.07, 6.45) is 8.86. The molecule has 3 N–H and O–H groups in total. The number of amides is 1. The highest BCUT2D eigenvalue weighted by molar-refractivity contribution is 6.32. The first kappa shape index (κ1) is 29.0. The molecule has 4 aromatic rings. The lowest BCUT2D eigenvalue weighted by molar-refractivity contribution is -0.125. The van der Waals surface area contributed by atoms with Gasteiger partial charge in [-0.3, -0.25) is 14.2 Å². The molecule has 4 atom stereocenters. The number of methoxy groups -OCH3 is 1. The van der Waals surface area contributed by atoms with Crippen molar-refractivity contribution in [3.8, 4) is 17.0 Å². The molecule has 0 saturated carbocycles. The lowest BCUT2D eigenvalue weighted by Crippen LogP contribution is -2.39. The first-order valence-corrected chi connectivity index (χ1v) is 14.4. The molecule has 14 heteroatoms. The summed E-state index contributed by atoms with van der Waals surface area (Å²) in [6.45, 7) is 1.03. The van der Waals surface area contributed by atoms with Gasteiger partial charge in [0.15, 0.2) is 0 Å². The molecule has 2 saturated heterocycles. The van der Waals surface area contributed by atoms with Crippen molar-refractivity contribution in [1.82, 2.24) is 29.5 Å². The number of carbonyl (C=O) groups excluding carboxylic acids is 1. The lowest BCUT2D eigenvalue weighted by atomic mass is 10.0. The number of nitrogens with one attached hydrogen (secondary N) is 2. The highest BCUT2D eigenvalue weighted by atomic mass is 35.5. The second-order valence-corrected chi connectivity index (χ2v) is 11.3. The van der Waals surface area contributed by atoms with Crippen LogP contribution in [0.5, 0.6) is 5.75 Å². The fourth-order valence-electron chi connectivity index (χ4n) is 5.76. The molecular formula is C29H31ClFN7O5. The molecule has 5 heterocycles. The van der Waals surface area contributed by atoms with Crippen molar-refractivity contribution >= 4 is 29.0 Å². The molecule has 6 rings (SSSR count). The average molecular weight is 612 g/mol. The summed E-state index contributed by atoms with van der Waals surface area (Å²) >= 11 is 6.47. The second kappa shape index (κ2) is 11.9. The highest BCUT2D eigenvalue weighted by Crippen LogP contribution is 2.34. The zero-order chi connectivity index (χ0) is 30.2. The molecule has 0 radical (unpaired) electrons. The normalized spacial score (nSPS) is 21.0. The Morgan fingerprint density at radius 2 is 2.02 bits per heavy atom. The van der Waals surface area contributed by atoms with Gasteiger partial charge in [0.1, 0.15) is 29.5 Å². The quantitative estimate of drug-likeness (QED) is 0.260. The first-order valence-electron chi connectivity index (χ1n) is 14.0. The van der Waals surface area contributed by atoms with E-state index in [9.17, 15) is 19.1 Å². The molecule has 43 heavy (non-hydrogen) atoms. The lowest BCUT2D eigenvalue weighted by Gasteiger charge is -2.29. The molecule has 12 nitrogen and oxygen atoms in total. The van der Waals surface area contributed by atoms with Crippen molar-refractivity contribution < 1.29 is 23.8 Å². The Kier molecular flexibility index (Phi) is 8.03. The van der Waals surface area contributed by atoms with Gasteiger partial charge in [-0.2, -0.15) is 5.10 Å². The Balaban J connectivity index is 1.22. The number of aliphatic hydroxyl groups excluding tert-OH is 1. The third kappa shape index (κ3) is 5.92. The highest BCUT2D eigenvalue weighted by Gasteiger charge is 2.35. The zero-order valence-electron chi connectivity index (χ0n) is 23.5. The summed E-state index contributed by atoms with van der Waals surface area (Å²) in [4.78, 5) is 35.6. The van der Waals surface area contributed by atoms with Gasteiger partial charge in [0.25, 0.3) is 5.56 Å². The summed E-state index contributed by atoms with van der Waals surface area (Å²) in [5, 5.41) is 20.6. The van der Waals surface area contributed by atoms with Crippen LogP contribution < -0.4 is 20.9 Å².